The minimum Gasteiger partial charge on any atom is -0.497 e. The van der Waals surface area contributed by atoms with E-state index in [-0.39, 0.29) is 12.2 Å². The third kappa shape index (κ3) is 4.61. The Morgan fingerprint density at radius 1 is 1.29 bits per heavy atom. The van der Waals surface area contributed by atoms with Crippen molar-refractivity contribution in [3.8, 4) is 11.5 Å². The fraction of sp³-hybridized carbons (Fsp3) is 0.647. The van der Waals surface area contributed by atoms with E-state index in [0.29, 0.717) is 0 Å². The van der Waals surface area contributed by atoms with Gasteiger partial charge in [0.25, 0.3) is 0 Å². The predicted octanol–water partition coefficient (Wildman–Crippen LogP) is 2.88. The lowest BCUT2D eigenvalue weighted by molar-refractivity contribution is 0.00633. The number of hydrogen-bond acceptors (Lipinski definition) is 4. The summed E-state index contributed by atoms with van der Waals surface area (Å²) in [5.41, 5.74) is 1.08. The Morgan fingerprint density at radius 3 is 2.81 bits per heavy atom. The molecular formula is C17H27NO3. The predicted molar refractivity (Wildman–Crippen MR) is 83.9 cm³/mol. The van der Waals surface area contributed by atoms with Gasteiger partial charge < -0.3 is 19.9 Å². The van der Waals surface area contributed by atoms with Crippen LogP contribution in [0.1, 0.15) is 44.6 Å². The average molecular weight is 293 g/mol. The van der Waals surface area contributed by atoms with Gasteiger partial charge in [-0.05, 0) is 50.4 Å². The van der Waals surface area contributed by atoms with Crippen LogP contribution in [0.4, 0.5) is 0 Å². The van der Waals surface area contributed by atoms with Gasteiger partial charge in [0.05, 0.1) is 13.2 Å². The molecule has 0 amide bonds. The Hall–Kier alpha value is -1.26. The van der Waals surface area contributed by atoms with Gasteiger partial charge in [0.2, 0.25) is 0 Å². The second-order valence-electron chi connectivity index (χ2n) is 5.66. The number of nitrogens with one attached hydrogen (secondary N) is 1. The molecular weight excluding hydrogens is 266 g/mol. The number of ether oxygens (including phenoxy) is 2. The summed E-state index contributed by atoms with van der Waals surface area (Å²) in [6.07, 6.45) is 4.64. The van der Waals surface area contributed by atoms with Gasteiger partial charge >= 0.3 is 0 Å². The van der Waals surface area contributed by atoms with Crippen molar-refractivity contribution in [3.05, 3.63) is 23.8 Å². The number of aliphatic hydroxyl groups is 1. The Bertz CT molecular complexity index is 436. The minimum atomic E-state index is -0.350. The minimum absolute atomic E-state index is 0.0860. The smallest absolute Gasteiger partial charge is 0.124 e. The van der Waals surface area contributed by atoms with Crippen LogP contribution in [0.15, 0.2) is 18.2 Å². The first kappa shape index (κ1) is 16.1. The molecule has 1 aromatic carbocycles. The van der Waals surface area contributed by atoms with Crippen LogP contribution in [-0.2, 0) is 6.54 Å². The van der Waals surface area contributed by atoms with Crippen LogP contribution in [0.25, 0.3) is 0 Å². The van der Waals surface area contributed by atoms with Crippen LogP contribution < -0.4 is 14.8 Å². The molecule has 0 radical (unpaired) electrons. The molecule has 1 saturated carbocycles. The maximum Gasteiger partial charge on any atom is 0.124 e. The van der Waals surface area contributed by atoms with Crippen LogP contribution in [0.5, 0.6) is 11.5 Å². The van der Waals surface area contributed by atoms with E-state index >= 15 is 0 Å². The summed E-state index contributed by atoms with van der Waals surface area (Å²) in [5.74, 6) is 1.69. The lowest BCUT2D eigenvalue weighted by Gasteiger charge is -2.29. The quantitative estimate of drug-likeness (QED) is 0.759. The van der Waals surface area contributed by atoms with Crippen molar-refractivity contribution < 1.29 is 14.6 Å². The molecule has 0 heterocycles. The van der Waals surface area contributed by atoms with Crippen LogP contribution in [0.3, 0.4) is 0 Å². The van der Waals surface area contributed by atoms with Crippen LogP contribution in [0.2, 0.25) is 0 Å². The normalized spacial score (nSPS) is 22.0. The van der Waals surface area contributed by atoms with Crippen LogP contribution in [-0.4, -0.2) is 31.0 Å². The molecule has 2 atom stereocenters. The largest absolute Gasteiger partial charge is 0.497 e. The van der Waals surface area contributed by atoms with E-state index in [0.717, 1.165) is 62.3 Å². The summed E-state index contributed by atoms with van der Waals surface area (Å²) in [6, 6.07) is 5.87. The van der Waals surface area contributed by atoms with E-state index in [1.807, 2.05) is 18.2 Å². The summed E-state index contributed by atoms with van der Waals surface area (Å²) in [4.78, 5) is 0. The number of aliphatic hydroxyl groups excluding tert-OH is 1. The number of hydrogen-bond donors (Lipinski definition) is 2. The van der Waals surface area contributed by atoms with Gasteiger partial charge in [-0.2, -0.15) is 0 Å². The molecule has 0 aliphatic heterocycles. The zero-order valence-corrected chi connectivity index (χ0v) is 13.1. The van der Waals surface area contributed by atoms with E-state index in [9.17, 15) is 5.11 Å². The Morgan fingerprint density at radius 2 is 2.10 bits per heavy atom. The van der Waals surface area contributed by atoms with Crippen LogP contribution >= 0.6 is 0 Å². The van der Waals surface area contributed by atoms with Crippen molar-refractivity contribution in [1.82, 2.24) is 5.32 Å². The molecule has 2 rings (SSSR count). The molecule has 1 aromatic rings. The van der Waals surface area contributed by atoms with Gasteiger partial charge in [-0.15, -0.1) is 0 Å². The molecule has 0 spiro atoms. The second-order valence-corrected chi connectivity index (χ2v) is 5.66. The first-order valence-corrected chi connectivity index (χ1v) is 7.97. The van der Waals surface area contributed by atoms with Crippen molar-refractivity contribution in [2.45, 2.75) is 57.8 Å². The Kier molecular flexibility index (Phi) is 6.33. The molecule has 2 N–H and O–H groups in total. The summed E-state index contributed by atoms with van der Waals surface area (Å²) in [7, 11) is 1.67. The third-order valence-corrected chi connectivity index (χ3v) is 3.96. The van der Waals surface area contributed by atoms with E-state index < -0.39 is 0 Å². The van der Waals surface area contributed by atoms with Crippen molar-refractivity contribution in [2.24, 2.45) is 0 Å². The fourth-order valence-electron chi connectivity index (χ4n) is 2.71. The van der Waals surface area contributed by atoms with Crippen molar-refractivity contribution in [2.75, 3.05) is 13.7 Å². The van der Waals surface area contributed by atoms with Crippen molar-refractivity contribution in [3.63, 3.8) is 0 Å². The monoisotopic (exact) mass is 293 g/mol. The highest BCUT2D eigenvalue weighted by Gasteiger charge is 2.25. The summed E-state index contributed by atoms with van der Waals surface area (Å²) >= 11 is 0. The first-order chi connectivity index (χ1) is 10.2. The standard InChI is InChI=1S/C17H27NO3/c1-3-10-18-12-13-11-14(20-2)8-9-16(13)21-17-7-5-4-6-15(17)19/h8-9,11,15,17-19H,3-7,10,12H2,1-2H3. The van der Waals surface area contributed by atoms with E-state index in [1.165, 1.54) is 0 Å². The van der Waals surface area contributed by atoms with Crippen molar-refractivity contribution in [1.29, 1.82) is 0 Å². The fourth-order valence-corrected chi connectivity index (χ4v) is 2.71. The number of benzene rings is 1. The van der Waals surface area contributed by atoms with E-state index in [1.54, 1.807) is 7.11 Å². The average Bonchev–Trinajstić information content (AvgIpc) is 2.51. The SMILES string of the molecule is CCCNCc1cc(OC)ccc1OC1CCCCC1O. The molecule has 0 bridgehead atoms. The van der Waals surface area contributed by atoms with Gasteiger partial charge in [0, 0.05) is 12.1 Å². The van der Waals surface area contributed by atoms with Gasteiger partial charge in [-0.25, -0.2) is 0 Å². The third-order valence-electron chi connectivity index (χ3n) is 3.96. The van der Waals surface area contributed by atoms with Crippen molar-refractivity contribution >= 4 is 0 Å². The molecule has 1 fully saturated rings. The lowest BCUT2D eigenvalue weighted by Crippen LogP contribution is -2.35. The van der Waals surface area contributed by atoms with Crippen LogP contribution in [0, 0.1) is 0 Å². The molecule has 4 heteroatoms. The zero-order valence-electron chi connectivity index (χ0n) is 13.1. The molecule has 0 saturated heterocycles. The maximum absolute atomic E-state index is 10.1. The lowest BCUT2D eigenvalue weighted by atomic mass is 9.95. The molecule has 4 nitrogen and oxygen atoms in total. The highest BCUT2D eigenvalue weighted by Crippen LogP contribution is 2.29. The Balaban J connectivity index is 2.08. The van der Waals surface area contributed by atoms with Gasteiger partial charge in [0.1, 0.15) is 17.6 Å². The van der Waals surface area contributed by atoms with Gasteiger partial charge in [0.15, 0.2) is 0 Å². The highest BCUT2D eigenvalue weighted by atomic mass is 16.5. The van der Waals surface area contributed by atoms with Gasteiger partial charge in [-0.1, -0.05) is 13.3 Å². The topological polar surface area (TPSA) is 50.7 Å². The molecule has 1 aliphatic rings. The second kappa shape index (κ2) is 8.25. The summed E-state index contributed by atoms with van der Waals surface area (Å²) in [5, 5.41) is 13.5. The molecule has 0 aromatic heterocycles. The Labute approximate surface area is 127 Å². The molecule has 21 heavy (non-hydrogen) atoms. The van der Waals surface area contributed by atoms with E-state index in [2.05, 4.69) is 12.2 Å². The molecule has 118 valence electrons. The molecule has 2 unspecified atom stereocenters. The molecule has 1 aliphatic carbocycles. The summed E-state index contributed by atoms with van der Waals surface area (Å²) in [6.45, 7) is 3.88. The number of methoxy groups -OCH3 is 1. The maximum atomic E-state index is 10.1. The highest BCUT2D eigenvalue weighted by molar-refractivity contribution is 5.40. The first-order valence-electron chi connectivity index (χ1n) is 7.97. The van der Waals surface area contributed by atoms with E-state index in [4.69, 9.17) is 9.47 Å². The number of rotatable bonds is 7. The van der Waals surface area contributed by atoms with Gasteiger partial charge in [-0.3, -0.25) is 0 Å². The zero-order chi connectivity index (χ0) is 15.1. The summed E-state index contributed by atoms with van der Waals surface area (Å²) < 4.78 is 11.4.